The van der Waals surface area contributed by atoms with Gasteiger partial charge < -0.3 is 9.47 Å². The third-order valence-corrected chi connectivity index (χ3v) is 6.10. The Morgan fingerprint density at radius 2 is 1.55 bits per heavy atom. The molecule has 0 heterocycles. The molecule has 0 amide bonds. The fourth-order valence-electron chi connectivity index (χ4n) is 3.58. The first kappa shape index (κ1) is 31.0. The second-order valence-corrected chi connectivity index (χ2v) is 10.4. The molecule has 0 aliphatic carbocycles. The van der Waals surface area contributed by atoms with Gasteiger partial charge in [0.1, 0.15) is 5.60 Å². The molecule has 0 saturated heterocycles. The van der Waals surface area contributed by atoms with Gasteiger partial charge in [-0.25, -0.2) is 14.6 Å². The van der Waals surface area contributed by atoms with Crippen molar-refractivity contribution < 1.29 is 24.0 Å². The maximum atomic E-state index is 11.9. The van der Waals surface area contributed by atoms with Gasteiger partial charge >= 0.3 is 6.16 Å². The van der Waals surface area contributed by atoms with Gasteiger partial charge in [-0.1, -0.05) is 93.6 Å². The summed E-state index contributed by atoms with van der Waals surface area (Å²) in [4.78, 5) is 23.4. The summed E-state index contributed by atoms with van der Waals surface area (Å²) in [6.07, 6.45) is 2.93. The summed E-state index contributed by atoms with van der Waals surface area (Å²) in [6, 6.07) is 18.4. The van der Waals surface area contributed by atoms with Crippen LogP contribution in [0.15, 0.2) is 54.6 Å². The lowest BCUT2D eigenvalue weighted by Crippen LogP contribution is -2.30. The molecule has 0 fully saturated rings. The minimum Gasteiger partial charge on any atom is -0.434 e. The molecule has 0 saturated carbocycles. The molecule has 5 nitrogen and oxygen atoms in total. The molecule has 2 atom stereocenters. The minimum absolute atomic E-state index is 0.359. The highest BCUT2D eigenvalue weighted by Crippen LogP contribution is 2.29. The zero-order valence-electron chi connectivity index (χ0n) is 23.9. The number of rotatable bonds is 12. The molecule has 0 aliphatic rings. The van der Waals surface area contributed by atoms with E-state index in [0.29, 0.717) is 12.5 Å². The summed E-state index contributed by atoms with van der Waals surface area (Å²) in [5.74, 6) is 11.6. The van der Waals surface area contributed by atoms with Crippen molar-refractivity contribution in [2.24, 2.45) is 5.92 Å². The Labute approximate surface area is 229 Å². The number of hydrogen-bond acceptors (Lipinski definition) is 5. The zero-order chi connectivity index (χ0) is 28.0. The molecule has 38 heavy (non-hydrogen) atoms. The summed E-state index contributed by atoms with van der Waals surface area (Å²) in [7, 11) is 0. The van der Waals surface area contributed by atoms with Crippen LogP contribution in [-0.2, 0) is 24.8 Å². The van der Waals surface area contributed by atoms with Gasteiger partial charge in [-0.15, -0.1) is 0 Å². The van der Waals surface area contributed by atoms with Gasteiger partial charge in [-0.3, -0.25) is 0 Å². The first-order valence-corrected chi connectivity index (χ1v) is 13.4. The lowest BCUT2D eigenvalue weighted by atomic mass is 9.95. The maximum absolute atomic E-state index is 11.9. The van der Waals surface area contributed by atoms with E-state index in [2.05, 4.69) is 61.8 Å². The molecule has 0 aromatic heterocycles. The monoisotopic (exact) mass is 518 g/mol. The number of carbonyl (C=O) groups is 1. The van der Waals surface area contributed by atoms with Crippen molar-refractivity contribution >= 4 is 6.16 Å². The molecule has 2 unspecified atom stereocenters. The molecule has 2 rings (SSSR count). The summed E-state index contributed by atoms with van der Waals surface area (Å²) < 4.78 is 10.5. The van der Waals surface area contributed by atoms with Crippen molar-refractivity contribution in [2.45, 2.75) is 91.5 Å². The number of benzene rings is 2. The highest BCUT2D eigenvalue weighted by atomic mass is 17.2. The number of hydrogen-bond donors (Lipinski definition) is 0. The first-order valence-electron chi connectivity index (χ1n) is 13.4. The zero-order valence-corrected chi connectivity index (χ0v) is 23.9. The second-order valence-electron chi connectivity index (χ2n) is 10.4. The fraction of sp³-hybridized carbons (Fsp3) is 0.485. The average molecular weight is 519 g/mol. The van der Waals surface area contributed by atoms with E-state index >= 15 is 0 Å². The summed E-state index contributed by atoms with van der Waals surface area (Å²) in [5, 5.41) is 0. The van der Waals surface area contributed by atoms with E-state index in [-0.39, 0.29) is 0 Å². The molecule has 2 aromatic rings. The van der Waals surface area contributed by atoms with Crippen molar-refractivity contribution in [1.82, 2.24) is 0 Å². The van der Waals surface area contributed by atoms with Crippen LogP contribution in [0.1, 0.15) is 79.7 Å². The highest BCUT2D eigenvalue weighted by Gasteiger charge is 2.27. The maximum Gasteiger partial charge on any atom is 0.509 e. The van der Waals surface area contributed by atoms with Gasteiger partial charge in [0, 0.05) is 0 Å². The van der Waals surface area contributed by atoms with Crippen LogP contribution in [0.4, 0.5) is 4.79 Å². The average Bonchev–Trinajstić information content (AvgIpc) is 2.91. The summed E-state index contributed by atoms with van der Waals surface area (Å²) >= 11 is 0. The standard InChI is InChI=1S/C33H42O5/c1-8-10-17-27(9-2)25-35-31(34)36-26(3)16-14-15-24-32(4,5)37-38-33(6,7)30-22-20-29(21-23-30)28-18-12-11-13-19-28/h11-13,18-23,26-27H,8-10,17,25H2,1-7H3. The van der Waals surface area contributed by atoms with Crippen LogP contribution in [0.3, 0.4) is 0 Å². The molecular weight excluding hydrogens is 476 g/mol. The van der Waals surface area contributed by atoms with Crippen molar-refractivity contribution in [2.75, 3.05) is 6.61 Å². The van der Waals surface area contributed by atoms with Crippen LogP contribution in [0.2, 0.25) is 0 Å². The Kier molecular flexibility index (Phi) is 12.4. The first-order chi connectivity index (χ1) is 18.1. The molecule has 5 heteroatoms. The molecule has 0 bridgehead atoms. The lowest BCUT2D eigenvalue weighted by molar-refractivity contribution is -0.393. The Morgan fingerprint density at radius 1 is 0.895 bits per heavy atom. The molecule has 0 radical (unpaired) electrons. The number of unbranched alkanes of at least 4 members (excludes halogenated alkanes) is 1. The van der Waals surface area contributed by atoms with Gasteiger partial charge in [0.05, 0.1) is 6.61 Å². The van der Waals surface area contributed by atoms with Crippen LogP contribution in [0.5, 0.6) is 0 Å². The van der Waals surface area contributed by atoms with E-state index in [1.54, 1.807) is 20.8 Å². The van der Waals surface area contributed by atoms with Crippen molar-refractivity contribution in [1.29, 1.82) is 0 Å². The second kappa shape index (κ2) is 15.2. The number of carbonyl (C=O) groups excluding carboxylic acids is 1. The Hall–Kier alpha value is -3.25. The predicted molar refractivity (Wildman–Crippen MR) is 152 cm³/mol. The quantitative estimate of drug-likeness (QED) is 0.123. The molecule has 204 valence electrons. The molecule has 2 aromatic carbocycles. The molecule has 0 spiro atoms. The fourth-order valence-corrected chi connectivity index (χ4v) is 3.58. The summed E-state index contributed by atoms with van der Waals surface area (Å²) in [5.41, 5.74) is 1.70. The largest absolute Gasteiger partial charge is 0.509 e. The molecule has 0 aliphatic heterocycles. The van der Waals surface area contributed by atoms with Crippen molar-refractivity contribution in [3.63, 3.8) is 0 Å². The van der Waals surface area contributed by atoms with E-state index < -0.39 is 23.5 Å². The van der Waals surface area contributed by atoms with E-state index in [0.717, 1.165) is 42.4 Å². The van der Waals surface area contributed by atoms with Gasteiger partial charge in [-0.2, -0.15) is 0 Å². The lowest BCUT2D eigenvalue weighted by Gasteiger charge is -2.28. The van der Waals surface area contributed by atoms with Crippen LogP contribution < -0.4 is 0 Å². The van der Waals surface area contributed by atoms with Gasteiger partial charge in [-0.05, 0) is 81.4 Å². The third-order valence-electron chi connectivity index (χ3n) is 6.10. The van der Waals surface area contributed by atoms with E-state index in [4.69, 9.17) is 19.2 Å². The van der Waals surface area contributed by atoms with Crippen LogP contribution in [0, 0.1) is 29.6 Å². The van der Waals surface area contributed by atoms with Gasteiger partial charge in [0.25, 0.3) is 0 Å². The van der Waals surface area contributed by atoms with Gasteiger partial charge in [0.2, 0.25) is 0 Å². The third kappa shape index (κ3) is 11.0. The number of ether oxygens (including phenoxy) is 2. The van der Waals surface area contributed by atoms with E-state index in [9.17, 15) is 4.79 Å². The normalized spacial score (nSPS) is 12.8. The Balaban J connectivity index is 1.84. The highest BCUT2D eigenvalue weighted by molar-refractivity contribution is 5.63. The summed E-state index contributed by atoms with van der Waals surface area (Å²) in [6.45, 7) is 13.8. The van der Waals surface area contributed by atoms with Crippen LogP contribution in [0.25, 0.3) is 11.1 Å². The van der Waals surface area contributed by atoms with Crippen molar-refractivity contribution in [3.8, 4) is 34.8 Å². The Morgan fingerprint density at radius 3 is 2.18 bits per heavy atom. The minimum atomic E-state index is -0.896. The SMILES string of the molecule is CCCCC(CC)COC(=O)OC(C)C#CC#CC(C)(C)OOC(C)(C)c1ccc(-c2ccccc2)cc1. The van der Waals surface area contributed by atoms with E-state index in [1.807, 2.05) is 44.2 Å². The Bertz CT molecular complexity index is 1110. The predicted octanol–water partition coefficient (Wildman–Crippen LogP) is 8.08. The molecule has 0 N–H and O–H groups in total. The van der Waals surface area contributed by atoms with Gasteiger partial charge in [0.15, 0.2) is 11.7 Å². The van der Waals surface area contributed by atoms with Crippen molar-refractivity contribution in [3.05, 3.63) is 60.2 Å². The topological polar surface area (TPSA) is 54.0 Å². The van der Waals surface area contributed by atoms with E-state index in [1.165, 1.54) is 0 Å². The van der Waals surface area contributed by atoms with Crippen LogP contribution >= 0.6 is 0 Å². The van der Waals surface area contributed by atoms with Crippen LogP contribution in [-0.4, -0.2) is 24.5 Å². The molecular formula is C33H42O5. The smallest absolute Gasteiger partial charge is 0.434 e.